The summed E-state index contributed by atoms with van der Waals surface area (Å²) in [7, 11) is 0. The number of halogens is 3. The highest BCUT2D eigenvalue weighted by molar-refractivity contribution is 5.96. The van der Waals surface area contributed by atoms with E-state index in [-0.39, 0.29) is 0 Å². The maximum absolute atomic E-state index is 13.4. The number of hydrogen-bond acceptors (Lipinski definition) is 3. The van der Waals surface area contributed by atoms with Crippen molar-refractivity contribution in [1.82, 2.24) is 5.32 Å². The first-order valence-electron chi connectivity index (χ1n) is 6.45. The van der Waals surface area contributed by atoms with Gasteiger partial charge in [0.25, 0.3) is 0 Å². The molecule has 1 aromatic carbocycles. The van der Waals surface area contributed by atoms with Crippen LogP contribution in [0, 0.1) is 17.5 Å². The Morgan fingerprint density at radius 2 is 1.73 bits per heavy atom. The number of hydrogen-bond donors (Lipinski definition) is 2. The lowest BCUT2D eigenvalue weighted by Crippen LogP contribution is -2.44. The van der Waals surface area contributed by atoms with Crippen LogP contribution in [0.5, 0.6) is 0 Å². The van der Waals surface area contributed by atoms with Crippen molar-refractivity contribution in [3.63, 3.8) is 0 Å². The zero-order valence-electron chi connectivity index (χ0n) is 12.6. The van der Waals surface area contributed by atoms with Crippen LogP contribution in [0.4, 0.5) is 23.7 Å². The Bertz CT molecular complexity index is 585. The first-order valence-corrected chi connectivity index (χ1v) is 6.45. The van der Waals surface area contributed by atoms with Crippen LogP contribution in [-0.2, 0) is 9.53 Å². The van der Waals surface area contributed by atoms with Gasteiger partial charge in [0.15, 0.2) is 17.5 Å². The third-order valence-electron chi connectivity index (χ3n) is 2.42. The summed E-state index contributed by atoms with van der Waals surface area (Å²) < 4.78 is 44.2. The summed E-state index contributed by atoms with van der Waals surface area (Å²) in [6.07, 6.45) is -0.832. The topological polar surface area (TPSA) is 67.4 Å². The summed E-state index contributed by atoms with van der Waals surface area (Å²) in [6, 6.07) is 0.494. The van der Waals surface area contributed by atoms with E-state index in [0.29, 0.717) is 6.07 Å². The number of amides is 2. The average Bonchev–Trinajstić information content (AvgIpc) is 2.37. The van der Waals surface area contributed by atoms with Crippen LogP contribution in [0.15, 0.2) is 12.1 Å². The fourth-order valence-electron chi connectivity index (χ4n) is 1.41. The fourth-order valence-corrected chi connectivity index (χ4v) is 1.41. The Morgan fingerprint density at radius 3 is 2.27 bits per heavy atom. The smallest absolute Gasteiger partial charge is 0.408 e. The molecule has 22 heavy (non-hydrogen) atoms. The minimum Gasteiger partial charge on any atom is -0.444 e. The van der Waals surface area contributed by atoms with Crippen molar-refractivity contribution < 1.29 is 27.5 Å². The van der Waals surface area contributed by atoms with Gasteiger partial charge >= 0.3 is 6.09 Å². The Balaban J connectivity index is 2.69. The predicted molar refractivity (Wildman–Crippen MR) is 73.8 cm³/mol. The highest BCUT2D eigenvalue weighted by Gasteiger charge is 2.22. The van der Waals surface area contributed by atoms with Crippen molar-refractivity contribution >= 4 is 17.7 Å². The van der Waals surface area contributed by atoms with E-state index in [1.54, 1.807) is 20.8 Å². The summed E-state index contributed by atoms with van der Waals surface area (Å²) in [6.45, 7) is 6.27. The number of carbonyl (C=O) groups excluding carboxylic acids is 2. The molecule has 0 radical (unpaired) electrons. The monoisotopic (exact) mass is 318 g/mol. The lowest BCUT2D eigenvalue weighted by molar-refractivity contribution is -0.117. The number of ether oxygens (including phenoxy) is 1. The van der Waals surface area contributed by atoms with Crippen molar-refractivity contribution in [3.05, 3.63) is 29.6 Å². The molecule has 2 amide bonds. The third-order valence-corrected chi connectivity index (χ3v) is 2.42. The second-order valence-corrected chi connectivity index (χ2v) is 5.58. The Kier molecular flexibility index (Phi) is 5.40. The molecule has 1 atom stereocenters. The molecule has 0 heterocycles. The molecule has 5 nitrogen and oxygen atoms in total. The second-order valence-electron chi connectivity index (χ2n) is 5.58. The normalized spacial score (nSPS) is 12.5. The van der Waals surface area contributed by atoms with E-state index in [1.807, 2.05) is 0 Å². The first-order chi connectivity index (χ1) is 10.0. The number of anilines is 1. The second kappa shape index (κ2) is 6.67. The van der Waals surface area contributed by atoms with Crippen LogP contribution < -0.4 is 10.6 Å². The molecule has 0 fully saturated rings. The van der Waals surface area contributed by atoms with Gasteiger partial charge in [-0.05, 0) is 39.8 Å². The van der Waals surface area contributed by atoms with Gasteiger partial charge in [0.2, 0.25) is 5.91 Å². The number of carbonyl (C=O) groups is 2. The largest absolute Gasteiger partial charge is 0.444 e. The predicted octanol–water partition coefficient (Wildman–Crippen LogP) is 2.96. The number of benzene rings is 1. The molecule has 1 unspecified atom stereocenters. The number of alkyl carbamates (subject to hydrolysis) is 1. The minimum absolute atomic E-state index is 0.526. The lowest BCUT2D eigenvalue weighted by atomic mass is 10.2. The third kappa shape index (κ3) is 4.94. The Morgan fingerprint density at radius 1 is 1.14 bits per heavy atom. The van der Waals surface area contributed by atoms with E-state index in [1.165, 1.54) is 6.92 Å². The van der Waals surface area contributed by atoms with E-state index >= 15 is 0 Å². The first kappa shape index (κ1) is 17.8. The van der Waals surface area contributed by atoms with Crippen LogP contribution in [0.3, 0.4) is 0 Å². The maximum atomic E-state index is 13.4. The van der Waals surface area contributed by atoms with E-state index in [9.17, 15) is 22.8 Å². The molecule has 0 spiro atoms. The zero-order valence-corrected chi connectivity index (χ0v) is 12.6. The molecule has 0 saturated carbocycles. The Hall–Kier alpha value is -2.25. The van der Waals surface area contributed by atoms with Crippen molar-refractivity contribution in [2.75, 3.05) is 5.32 Å². The van der Waals surface area contributed by atoms with E-state index in [2.05, 4.69) is 10.6 Å². The van der Waals surface area contributed by atoms with Crippen molar-refractivity contribution in [2.45, 2.75) is 39.3 Å². The van der Waals surface area contributed by atoms with Gasteiger partial charge in [-0.2, -0.15) is 0 Å². The summed E-state index contributed by atoms with van der Waals surface area (Å²) in [5.41, 5.74) is -1.27. The molecule has 2 N–H and O–H groups in total. The standard InChI is InChI=1S/C14H17F3N2O3/c1-7(18-13(21)22-14(2,3)4)12(20)19-9-6-5-8(15)10(16)11(9)17/h5-7H,1-4H3,(H,18,21)(H,19,20). The van der Waals surface area contributed by atoms with Crippen molar-refractivity contribution in [1.29, 1.82) is 0 Å². The Labute approximate surface area is 125 Å². The van der Waals surface area contributed by atoms with Gasteiger partial charge in [-0.1, -0.05) is 0 Å². The molecule has 0 bridgehead atoms. The van der Waals surface area contributed by atoms with E-state index in [0.717, 1.165) is 6.07 Å². The van der Waals surface area contributed by atoms with Gasteiger partial charge in [-0.3, -0.25) is 4.79 Å². The highest BCUT2D eigenvalue weighted by atomic mass is 19.2. The molecule has 0 aromatic heterocycles. The molecule has 0 aliphatic rings. The fraction of sp³-hybridized carbons (Fsp3) is 0.429. The highest BCUT2D eigenvalue weighted by Crippen LogP contribution is 2.19. The average molecular weight is 318 g/mol. The lowest BCUT2D eigenvalue weighted by Gasteiger charge is -2.21. The molecule has 0 saturated heterocycles. The number of nitrogens with one attached hydrogen (secondary N) is 2. The van der Waals surface area contributed by atoms with Gasteiger partial charge in [0.05, 0.1) is 5.69 Å². The summed E-state index contributed by atoms with van der Waals surface area (Å²) in [5, 5.41) is 4.29. The van der Waals surface area contributed by atoms with Gasteiger partial charge in [0, 0.05) is 0 Å². The molecule has 122 valence electrons. The van der Waals surface area contributed by atoms with Crippen LogP contribution >= 0.6 is 0 Å². The molecular formula is C14H17F3N2O3. The van der Waals surface area contributed by atoms with Gasteiger partial charge in [-0.15, -0.1) is 0 Å². The van der Waals surface area contributed by atoms with Crippen LogP contribution in [0.2, 0.25) is 0 Å². The molecular weight excluding hydrogens is 301 g/mol. The molecule has 0 aliphatic carbocycles. The quantitative estimate of drug-likeness (QED) is 0.842. The number of rotatable bonds is 3. The minimum atomic E-state index is -1.69. The van der Waals surface area contributed by atoms with Gasteiger partial charge in [-0.25, -0.2) is 18.0 Å². The van der Waals surface area contributed by atoms with Crippen LogP contribution in [-0.4, -0.2) is 23.6 Å². The molecule has 1 rings (SSSR count). The van der Waals surface area contributed by atoms with Crippen molar-refractivity contribution in [2.24, 2.45) is 0 Å². The van der Waals surface area contributed by atoms with Gasteiger partial charge in [0.1, 0.15) is 11.6 Å². The summed E-state index contributed by atoms with van der Waals surface area (Å²) >= 11 is 0. The molecule has 8 heteroatoms. The van der Waals surface area contributed by atoms with E-state index < -0.39 is 46.8 Å². The van der Waals surface area contributed by atoms with Crippen molar-refractivity contribution in [3.8, 4) is 0 Å². The molecule has 0 aliphatic heterocycles. The maximum Gasteiger partial charge on any atom is 0.408 e. The summed E-state index contributed by atoms with van der Waals surface area (Å²) in [5.74, 6) is -5.38. The zero-order chi connectivity index (χ0) is 17.1. The van der Waals surface area contributed by atoms with Crippen LogP contribution in [0.1, 0.15) is 27.7 Å². The molecule has 1 aromatic rings. The van der Waals surface area contributed by atoms with Gasteiger partial charge < -0.3 is 15.4 Å². The SMILES string of the molecule is CC(NC(=O)OC(C)(C)C)C(=O)Nc1ccc(F)c(F)c1F. The summed E-state index contributed by atoms with van der Waals surface area (Å²) in [4.78, 5) is 23.3. The van der Waals surface area contributed by atoms with Crippen LogP contribution in [0.25, 0.3) is 0 Å². The van der Waals surface area contributed by atoms with E-state index in [4.69, 9.17) is 4.74 Å².